The minimum Gasteiger partial charge on any atom is -0.338 e. The summed E-state index contributed by atoms with van der Waals surface area (Å²) in [4.78, 5) is 4.54. The Balaban J connectivity index is 1.94. The number of aromatic nitrogens is 2. The van der Waals surface area contributed by atoms with Gasteiger partial charge in [-0.1, -0.05) is 41.2 Å². The van der Waals surface area contributed by atoms with Gasteiger partial charge in [0.05, 0.1) is 15.5 Å². The summed E-state index contributed by atoms with van der Waals surface area (Å²) in [6, 6.07) is 5.34. The predicted molar refractivity (Wildman–Crippen MR) is 83.5 cm³/mol. The Morgan fingerprint density at radius 3 is 2.81 bits per heavy atom. The first-order valence-corrected chi connectivity index (χ1v) is 7.81. The highest BCUT2D eigenvalue weighted by molar-refractivity contribution is 6.42. The minimum atomic E-state index is -0.250. The van der Waals surface area contributed by atoms with E-state index in [1.54, 1.807) is 12.1 Å². The van der Waals surface area contributed by atoms with Crippen LogP contribution in [0.2, 0.25) is 10.0 Å². The van der Waals surface area contributed by atoms with Gasteiger partial charge < -0.3 is 10.3 Å². The first kappa shape index (κ1) is 14.8. The van der Waals surface area contributed by atoms with Crippen LogP contribution >= 0.6 is 23.2 Å². The topological polar surface area (TPSA) is 64.9 Å². The number of hydrogen-bond donors (Lipinski definition) is 1. The highest BCUT2D eigenvalue weighted by atomic mass is 35.5. The largest absolute Gasteiger partial charge is 0.338 e. The average Bonchev–Trinajstić information content (AvgIpc) is 2.95. The van der Waals surface area contributed by atoms with Crippen molar-refractivity contribution < 1.29 is 4.52 Å². The number of benzene rings is 1. The van der Waals surface area contributed by atoms with Crippen molar-refractivity contribution in [1.29, 1.82) is 0 Å². The van der Waals surface area contributed by atoms with Crippen molar-refractivity contribution in [3.05, 3.63) is 34.1 Å². The van der Waals surface area contributed by atoms with Gasteiger partial charge >= 0.3 is 0 Å². The number of rotatable bonds is 2. The summed E-state index contributed by atoms with van der Waals surface area (Å²) in [5, 5.41) is 5.05. The van der Waals surface area contributed by atoms with Crippen LogP contribution in [0.3, 0.4) is 0 Å². The van der Waals surface area contributed by atoms with Crippen LogP contribution in [0.1, 0.15) is 38.5 Å². The van der Waals surface area contributed by atoms with E-state index in [9.17, 15) is 0 Å². The van der Waals surface area contributed by atoms with E-state index in [-0.39, 0.29) is 11.5 Å². The molecular weight excluding hydrogens is 309 g/mol. The van der Waals surface area contributed by atoms with Crippen LogP contribution in [0.4, 0.5) is 0 Å². The number of nitrogens with zero attached hydrogens (tertiary/aromatic N) is 2. The van der Waals surface area contributed by atoms with Gasteiger partial charge in [-0.2, -0.15) is 4.98 Å². The molecule has 1 heterocycles. The molecule has 0 aliphatic heterocycles. The lowest BCUT2D eigenvalue weighted by Gasteiger charge is -2.35. The van der Waals surface area contributed by atoms with Gasteiger partial charge in [0.1, 0.15) is 0 Å². The molecule has 1 aromatic carbocycles. The number of nitrogens with two attached hydrogens (primary N) is 1. The van der Waals surface area contributed by atoms with Crippen molar-refractivity contribution in [3.8, 4) is 11.4 Å². The number of hydrogen-bond acceptors (Lipinski definition) is 4. The molecule has 6 heteroatoms. The lowest BCUT2D eigenvalue weighted by Crippen LogP contribution is -2.45. The molecule has 21 heavy (non-hydrogen) atoms. The Labute approximate surface area is 133 Å². The third-order valence-corrected chi connectivity index (χ3v) is 5.11. The van der Waals surface area contributed by atoms with Gasteiger partial charge in [0.15, 0.2) is 0 Å². The van der Waals surface area contributed by atoms with Crippen molar-refractivity contribution >= 4 is 23.2 Å². The Morgan fingerprint density at radius 2 is 2.10 bits per heavy atom. The molecular formula is C15H17Cl2N3O. The maximum Gasteiger partial charge on any atom is 0.234 e. The quantitative estimate of drug-likeness (QED) is 0.898. The van der Waals surface area contributed by atoms with Crippen LogP contribution in [-0.4, -0.2) is 16.2 Å². The fraction of sp³-hybridized carbons (Fsp3) is 0.467. The van der Waals surface area contributed by atoms with Crippen molar-refractivity contribution in [1.82, 2.24) is 10.1 Å². The molecule has 0 bridgehead atoms. The van der Waals surface area contributed by atoms with Gasteiger partial charge in [0, 0.05) is 11.6 Å². The molecule has 112 valence electrons. The van der Waals surface area contributed by atoms with Gasteiger partial charge in [-0.15, -0.1) is 0 Å². The second-order valence-electron chi connectivity index (χ2n) is 5.82. The van der Waals surface area contributed by atoms with Crippen LogP contribution in [0.15, 0.2) is 22.7 Å². The second-order valence-corrected chi connectivity index (χ2v) is 6.64. The maximum atomic E-state index is 6.27. The average molecular weight is 326 g/mol. The molecule has 2 N–H and O–H groups in total. The normalized spacial score (nSPS) is 26.0. The first-order chi connectivity index (χ1) is 10.0. The third kappa shape index (κ3) is 2.68. The Bertz CT molecular complexity index is 658. The van der Waals surface area contributed by atoms with E-state index in [1.807, 2.05) is 6.07 Å². The Hall–Kier alpha value is -1.10. The molecule has 2 unspecified atom stereocenters. The molecule has 0 spiro atoms. The molecule has 1 aliphatic carbocycles. The third-order valence-electron chi connectivity index (χ3n) is 4.37. The van der Waals surface area contributed by atoms with E-state index in [2.05, 4.69) is 17.1 Å². The molecule has 2 atom stereocenters. The maximum absolute atomic E-state index is 6.27. The Kier molecular flexibility index (Phi) is 3.95. The van der Waals surface area contributed by atoms with E-state index >= 15 is 0 Å². The molecule has 1 saturated carbocycles. The van der Waals surface area contributed by atoms with Gasteiger partial charge in [0.25, 0.3) is 0 Å². The Morgan fingerprint density at radius 1 is 1.29 bits per heavy atom. The van der Waals surface area contributed by atoms with Crippen LogP contribution in [0.5, 0.6) is 0 Å². The zero-order chi connectivity index (χ0) is 15.0. The summed E-state index contributed by atoms with van der Waals surface area (Å²) < 4.78 is 5.48. The molecule has 0 amide bonds. The molecule has 3 rings (SSSR count). The van der Waals surface area contributed by atoms with E-state index in [4.69, 9.17) is 33.5 Å². The fourth-order valence-corrected chi connectivity index (χ4v) is 3.13. The molecule has 0 radical (unpaired) electrons. The standard InChI is InChI=1S/C15H17Cl2N3O/c1-15(7-3-2-4-12(15)18)14-19-13(20-21-14)9-5-6-10(16)11(17)8-9/h5-6,8,12H,2-4,7,18H2,1H3. The van der Waals surface area contributed by atoms with E-state index in [1.165, 1.54) is 0 Å². The molecule has 4 nitrogen and oxygen atoms in total. The number of halogens is 2. The molecule has 1 aromatic heterocycles. The predicted octanol–water partition coefficient (Wildman–Crippen LogP) is 4.20. The lowest BCUT2D eigenvalue weighted by molar-refractivity contribution is 0.203. The zero-order valence-corrected chi connectivity index (χ0v) is 13.3. The van der Waals surface area contributed by atoms with Crippen molar-refractivity contribution in [3.63, 3.8) is 0 Å². The molecule has 2 aromatic rings. The summed E-state index contributed by atoms with van der Waals surface area (Å²) in [5.74, 6) is 1.12. The fourth-order valence-electron chi connectivity index (χ4n) is 2.83. The SMILES string of the molecule is CC1(c2nc(-c3ccc(Cl)c(Cl)c3)no2)CCCCC1N. The van der Waals surface area contributed by atoms with Crippen molar-refractivity contribution in [2.24, 2.45) is 5.73 Å². The van der Waals surface area contributed by atoms with Crippen LogP contribution in [0, 0.1) is 0 Å². The van der Waals surface area contributed by atoms with Crippen LogP contribution in [0.25, 0.3) is 11.4 Å². The zero-order valence-electron chi connectivity index (χ0n) is 11.8. The highest BCUT2D eigenvalue weighted by Crippen LogP contribution is 2.38. The molecule has 1 aliphatic rings. The molecule has 1 fully saturated rings. The van der Waals surface area contributed by atoms with Gasteiger partial charge in [-0.05, 0) is 38.0 Å². The van der Waals surface area contributed by atoms with Crippen molar-refractivity contribution in [2.45, 2.75) is 44.1 Å². The van der Waals surface area contributed by atoms with E-state index < -0.39 is 0 Å². The first-order valence-electron chi connectivity index (χ1n) is 7.06. The van der Waals surface area contributed by atoms with Crippen LogP contribution in [-0.2, 0) is 5.41 Å². The highest BCUT2D eigenvalue weighted by Gasteiger charge is 2.40. The smallest absolute Gasteiger partial charge is 0.234 e. The summed E-state index contributed by atoms with van der Waals surface area (Å²) in [7, 11) is 0. The van der Waals surface area contributed by atoms with E-state index in [0.29, 0.717) is 21.8 Å². The van der Waals surface area contributed by atoms with Gasteiger partial charge in [0.2, 0.25) is 11.7 Å². The second kappa shape index (κ2) is 5.59. The minimum absolute atomic E-state index is 0.0494. The van der Waals surface area contributed by atoms with E-state index in [0.717, 1.165) is 31.2 Å². The lowest BCUT2D eigenvalue weighted by atomic mass is 9.72. The van der Waals surface area contributed by atoms with Gasteiger partial charge in [-0.3, -0.25) is 0 Å². The monoisotopic (exact) mass is 325 g/mol. The van der Waals surface area contributed by atoms with Gasteiger partial charge in [-0.25, -0.2) is 0 Å². The van der Waals surface area contributed by atoms with Crippen LogP contribution < -0.4 is 5.73 Å². The summed E-state index contributed by atoms with van der Waals surface area (Å²) in [6.07, 6.45) is 4.25. The summed E-state index contributed by atoms with van der Waals surface area (Å²) in [5.41, 5.74) is 6.81. The van der Waals surface area contributed by atoms with Crippen molar-refractivity contribution in [2.75, 3.05) is 0 Å². The molecule has 0 saturated heterocycles. The summed E-state index contributed by atoms with van der Waals surface area (Å²) in [6.45, 7) is 2.10. The summed E-state index contributed by atoms with van der Waals surface area (Å²) >= 11 is 12.0.